The zero-order chi connectivity index (χ0) is 20.5. The van der Waals surface area contributed by atoms with E-state index in [-0.39, 0.29) is 11.8 Å². The van der Waals surface area contributed by atoms with Crippen LogP contribution in [0.25, 0.3) is 11.4 Å². The summed E-state index contributed by atoms with van der Waals surface area (Å²) in [5.74, 6) is 1.43. The lowest BCUT2D eigenvalue weighted by Crippen LogP contribution is -2.44. The predicted octanol–water partition coefficient (Wildman–Crippen LogP) is 4.30. The lowest BCUT2D eigenvalue weighted by atomic mass is 9.96. The number of hydrogen-bond donors (Lipinski definition) is 0. The minimum absolute atomic E-state index is 0.0115. The van der Waals surface area contributed by atoms with Gasteiger partial charge in [-0.15, -0.1) is 0 Å². The number of hydrogen-bond acceptors (Lipinski definition) is 5. The molecule has 0 bridgehead atoms. The Morgan fingerprint density at radius 3 is 2.97 bits per heavy atom. The van der Waals surface area contributed by atoms with E-state index in [1.54, 1.807) is 0 Å². The van der Waals surface area contributed by atoms with Crippen molar-refractivity contribution < 1.29 is 9.32 Å². The van der Waals surface area contributed by atoms with Gasteiger partial charge in [-0.3, -0.25) is 9.69 Å². The maximum atomic E-state index is 13.2. The molecule has 1 fully saturated rings. The van der Waals surface area contributed by atoms with Crippen LogP contribution in [0.5, 0.6) is 0 Å². The van der Waals surface area contributed by atoms with Gasteiger partial charge in [-0.25, -0.2) is 0 Å². The number of benzene rings is 2. The maximum Gasteiger partial charge on any atom is 0.241 e. The molecule has 3 heterocycles. The highest BCUT2D eigenvalue weighted by atomic mass is 79.9. The van der Waals surface area contributed by atoms with Gasteiger partial charge in [-0.05, 0) is 49.6 Å². The molecule has 30 heavy (non-hydrogen) atoms. The molecule has 3 aromatic rings. The van der Waals surface area contributed by atoms with Crippen LogP contribution in [0.3, 0.4) is 0 Å². The number of carbonyl (C=O) groups excluding carboxylic acids is 1. The molecule has 2 aromatic carbocycles. The highest BCUT2D eigenvalue weighted by Gasteiger charge is 2.33. The van der Waals surface area contributed by atoms with Crippen molar-refractivity contribution >= 4 is 27.5 Å². The fraction of sp³-hybridized carbons (Fsp3) is 0.348. The van der Waals surface area contributed by atoms with Crippen LogP contribution in [0, 0.1) is 5.92 Å². The summed E-state index contributed by atoms with van der Waals surface area (Å²) in [7, 11) is 0. The van der Waals surface area contributed by atoms with Gasteiger partial charge in [0.05, 0.1) is 12.5 Å². The van der Waals surface area contributed by atoms with Crippen LogP contribution >= 0.6 is 15.9 Å². The Morgan fingerprint density at radius 2 is 2.07 bits per heavy atom. The second-order valence-corrected chi connectivity index (χ2v) is 8.88. The highest BCUT2D eigenvalue weighted by molar-refractivity contribution is 9.10. The van der Waals surface area contributed by atoms with Crippen molar-refractivity contribution in [3.63, 3.8) is 0 Å². The van der Waals surface area contributed by atoms with Gasteiger partial charge in [0.15, 0.2) is 0 Å². The summed E-state index contributed by atoms with van der Waals surface area (Å²) < 4.78 is 6.47. The van der Waals surface area contributed by atoms with Gasteiger partial charge in [-0.2, -0.15) is 4.98 Å². The normalized spacial score (nSPS) is 19.1. The van der Waals surface area contributed by atoms with Gasteiger partial charge in [0.1, 0.15) is 0 Å². The number of nitrogens with zero attached hydrogens (tertiary/aromatic N) is 4. The quantitative estimate of drug-likeness (QED) is 0.573. The molecule has 1 unspecified atom stereocenters. The standard InChI is InChI=1S/C23H23BrN4O2/c24-19-8-3-6-17(13-19)22-25-21(30-26-22)15-27-11-4-7-18(14-27)23(29)28-12-10-16-5-1-2-9-20(16)28/h1-3,5-6,8-9,13,18H,4,7,10-12,14-15H2. The average molecular weight is 467 g/mol. The summed E-state index contributed by atoms with van der Waals surface area (Å²) in [6, 6.07) is 16.1. The van der Waals surface area contributed by atoms with Gasteiger partial charge in [0.2, 0.25) is 17.6 Å². The monoisotopic (exact) mass is 466 g/mol. The first kappa shape index (κ1) is 19.5. The molecular formula is C23H23BrN4O2. The van der Waals surface area contributed by atoms with Crippen LogP contribution in [0.15, 0.2) is 57.5 Å². The van der Waals surface area contributed by atoms with Crippen LogP contribution in [-0.4, -0.2) is 40.6 Å². The molecule has 1 atom stereocenters. The van der Waals surface area contributed by atoms with Crippen LogP contribution in [0.2, 0.25) is 0 Å². The molecule has 154 valence electrons. The van der Waals surface area contributed by atoms with Crippen molar-refractivity contribution in [3.8, 4) is 11.4 Å². The Morgan fingerprint density at radius 1 is 1.17 bits per heavy atom. The first-order valence-corrected chi connectivity index (χ1v) is 11.2. The minimum Gasteiger partial charge on any atom is -0.338 e. The number of anilines is 1. The van der Waals surface area contributed by atoms with Crippen molar-refractivity contribution in [1.82, 2.24) is 15.0 Å². The van der Waals surface area contributed by atoms with Crippen molar-refractivity contribution in [2.24, 2.45) is 5.92 Å². The number of carbonyl (C=O) groups is 1. The van der Waals surface area contributed by atoms with Crippen molar-refractivity contribution in [2.45, 2.75) is 25.8 Å². The smallest absolute Gasteiger partial charge is 0.241 e. The summed E-state index contributed by atoms with van der Waals surface area (Å²) in [6.07, 6.45) is 2.87. The summed E-state index contributed by atoms with van der Waals surface area (Å²) in [5, 5.41) is 4.13. The largest absolute Gasteiger partial charge is 0.338 e. The molecule has 1 saturated heterocycles. The molecule has 0 aliphatic carbocycles. The van der Waals surface area contributed by atoms with Crippen molar-refractivity contribution in [3.05, 3.63) is 64.5 Å². The van der Waals surface area contributed by atoms with E-state index in [1.807, 2.05) is 41.3 Å². The molecule has 6 nitrogen and oxygen atoms in total. The van der Waals surface area contributed by atoms with E-state index in [0.29, 0.717) is 18.3 Å². The Bertz CT molecular complexity index is 1070. The number of piperidine rings is 1. The molecule has 5 rings (SSSR count). The zero-order valence-corrected chi connectivity index (χ0v) is 18.2. The van der Waals surface area contributed by atoms with Gasteiger partial charge >= 0.3 is 0 Å². The van der Waals surface area contributed by atoms with Gasteiger partial charge in [-0.1, -0.05) is 51.4 Å². The number of likely N-dealkylation sites (tertiary alicyclic amines) is 1. The molecule has 1 amide bonds. The Kier molecular flexibility index (Phi) is 5.39. The number of halogens is 1. The summed E-state index contributed by atoms with van der Waals surface area (Å²) in [4.78, 5) is 22.0. The topological polar surface area (TPSA) is 62.5 Å². The third-order valence-electron chi connectivity index (χ3n) is 5.92. The fourth-order valence-electron chi connectivity index (χ4n) is 4.44. The van der Waals surface area contributed by atoms with Gasteiger partial charge < -0.3 is 9.42 Å². The van der Waals surface area contributed by atoms with Crippen molar-refractivity contribution in [2.75, 3.05) is 24.5 Å². The molecule has 0 saturated carbocycles. The summed E-state index contributed by atoms with van der Waals surface area (Å²) >= 11 is 3.47. The van der Waals surface area contributed by atoms with E-state index in [9.17, 15) is 4.79 Å². The molecule has 2 aliphatic heterocycles. The Hall–Kier alpha value is -2.51. The number of rotatable bonds is 4. The second kappa shape index (κ2) is 8.32. The average Bonchev–Trinajstić information content (AvgIpc) is 3.41. The Balaban J connectivity index is 1.25. The van der Waals surface area contributed by atoms with Crippen molar-refractivity contribution in [1.29, 1.82) is 0 Å². The van der Waals surface area contributed by atoms with Crippen LogP contribution in [0.1, 0.15) is 24.3 Å². The number of aromatic nitrogens is 2. The summed E-state index contributed by atoms with van der Waals surface area (Å²) in [6.45, 7) is 3.02. The number of fused-ring (bicyclic) bond motifs is 1. The molecule has 0 N–H and O–H groups in total. The molecular weight excluding hydrogens is 444 g/mol. The highest BCUT2D eigenvalue weighted by Crippen LogP contribution is 2.31. The lowest BCUT2D eigenvalue weighted by Gasteiger charge is -2.33. The maximum absolute atomic E-state index is 13.2. The van der Waals surface area contributed by atoms with E-state index in [4.69, 9.17) is 4.52 Å². The fourth-order valence-corrected chi connectivity index (χ4v) is 4.84. The third kappa shape index (κ3) is 3.91. The van der Waals surface area contributed by atoms with E-state index in [1.165, 1.54) is 5.56 Å². The SMILES string of the molecule is O=C(C1CCCN(Cc2nc(-c3cccc(Br)c3)no2)C1)N1CCc2ccccc21. The van der Waals surface area contributed by atoms with E-state index >= 15 is 0 Å². The molecule has 2 aliphatic rings. The van der Waals surface area contributed by atoms with E-state index in [2.05, 4.69) is 43.1 Å². The molecule has 0 spiro atoms. The third-order valence-corrected chi connectivity index (χ3v) is 6.41. The van der Waals surface area contributed by atoms with Crippen LogP contribution in [0.4, 0.5) is 5.69 Å². The lowest BCUT2D eigenvalue weighted by molar-refractivity contribution is -0.124. The predicted molar refractivity (Wildman–Crippen MR) is 118 cm³/mol. The zero-order valence-electron chi connectivity index (χ0n) is 16.6. The second-order valence-electron chi connectivity index (χ2n) is 7.96. The van der Waals surface area contributed by atoms with Gasteiger partial charge in [0.25, 0.3) is 0 Å². The van der Waals surface area contributed by atoms with E-state index in [0.717, 1.165) is 54.6 Å². The molecule has 7 heteroatoms. The summed E-state index contributed by atoms with van der Waals surface area (Å²) in [5.41, 5.74) is 3.26. The van der Waals surface area contributed by atoms with Crippen LogP contribution in [-0.2, 0) is 17.8 Å². The molecule has 1 aromatic heterocycles. The van der Waals surface area contributed by atoms with E-state index < -0.39 is 0 Å². The van der Waals surface area contributed by atoms with Gasteiger partial charge in [0, 0.05) is 28.8 Å². The number of para-hydroxylation sites is 1. The van der Waals surface area contributed by atoms with Crippen LogP contribution < -0.4 is 4.90 Å². The molecule has 0 radical (unpaired) electrons. The number of amides is 1. The minimum atomic E-state index is 0.0115. The Labute approximate surface area is 184 Å². The first-order valence-electron chi connectivity index (χ1n) is 10.4. The first-order chi connectivity index (χ1) is 14.7.